The van der Waals surface area contributed by atoms with Gasteiger partial charge < -0.3 is 198 Å². The fraction of sp³-hybridized carbons (Fsp3) is 0.919. The van der Waals surface area contributed by atoms with Crippen molar-refractivity contribution >= 4 is 23.9 Å². The molecule has 18 unspecified atom stereocenters. The highest BCUT2D eigenvalue weighted by Gasteiger charge is 2.74. The van der Waals surface area contributed by atoms with E-state index in [0.717, 1.165) is 18.5 Å². The number of hydrogen-bond donors (Lipinski definition) is 22. The summed E-state index contributed by atoms with van der Waals surface area (Å²) in [7, 11) is 0. The first-order valence-corrected chi connectivity index (χ1v) is 45.0. The molecule has 1 amide bonds. The quantitative estimate of drug-likeness (QED) is 0.0144. The summed E-state index contributed by atoms with van der Waals surface area (Å²) in [6.07, 6.45) is -59.1. The number of carbonyl (C=O) groups is 4. The molecule has 12 fully saturated rings. The summed E-state index contributed by atoms with van der Waals surface area (Å²) in [6.45, 7) is 16.5. The fourth-order valence-electron chi connectivity index (χ4n) is 23.4. The van der Waals surface area contributed by atoms with Gasteiger partial charge in [0, 0.05) is 6.42 Å². The smallest absolute Gasteiger partial charge is 0.317 e. The predicted molar refractivity (Wildman–Crippen MR) is 427 cm³/mol. The second kappa shape index (κ2) is 40.0. The van der Waals surface area contributed by atoms with Crippen molar-refractivity contribution in [3.63, 3.8) is 0 Å². The molecule has 8 saturated heterocycles. The first-order chi connectivity index (χ1) is 60.1. The second-order valence-corrected chi connectivity index (χ2v) is 40.2. The van der Waals surface area contributed by atoms with Crippen LogP contribution in [-0.4, -0.2) is 404 Å². The second-order valence-electron chi connectivity index (χ2n) is 40.2. The van der Waals surface area contributed by atoms with Crippen LogP contribution in [0.2, 0.25) is 0 Å². The van der Waals surface area contributed by atoms with Crippen molar-refractivity contribution < 1.29 is 202 Å². The van der Waals surface area contributed by atoms with Crippen LogP contribution in [-0.2, 0) is 95.0 Å². The molecular weight excluding hydrogens is 1700 g/mol. The Balaban J connectivity index is 0.811. The topological polar surface area (TPSA) is 653 Å². The van der Waals surface area contributed by atoms with Gasteiger partial charge >= 0.3 is 5.97 Å². The van der Waals surface area contributed by atoms with E-state index >= 15 is 4.79 Å². The zero-order chi connectivity index (χ0) is 93.6. The van der Waals surface area contributed by atoms with Gasteiger partial charge in [-0.3, -0.25) is 9.59 Å². The summed E-state index contributed by atoms with van der Waals surface area (Å²) in [4.78, 5) is 58.4. The van der Waals surface area contributed by atoms with Crippen LogP contribution < -0.4 is 5.32 Å². The molecule has 128 heavy (non-hydrogen) atoms. The van der Waals surface area contributed by atoms with Crippen LogP contribution in [0.25, 0.3) is 0 Å². The molecule has 13 rings (SSSR count). The van der Waals surface area contributed by atoms with E-state index in [-0.39, 0.29) is 62.1 Å². The zero-order valence-electron chi connectivity index (χ0n) is 74.0. The minimum atomic E-state index is -2.26. The molecule has 22 N–H and O–H groups in total. The number of ketones is 1. The normalized spacial score (nSPS) is 51.0. The third-order valence-electron chi connectivity index (χ3n) is 31.6. The Morgan fingerprint density at radius 2 is 1.15 bits per heavy atom. The molecule has 0 aromatic carbocycles. The summed E-state index contributed by atoms with van der Waals surface area (Å²) in [5, 5.41) is 239. The molecule has 13 aliphatic rings. The molecule has 733 valence electrons. The number of aliphatic hydroxyl groups excluding tert-OH is 20. The van der Waals surface area contributed by atoms with Gasteiger partial charge in [0.25, 0.3) is 0 Å². The van der Waals surface area contributed by atoms with Gasteiger partial charge in [-0.25, -0.2) is 0 Å². The lowest BCUT2D eigenvalue weighted by molar-refractivity contribution is -0.386. The van der Waals surface area contributed by atoms with Gasteiger partial charge in [0.2, 0.25) is 12.2 Å². The van der Waals surface area contributed by atoms with Gasteiger partial charge in [-0.1, -0.05) is 73.5 Å². The van der Waals surface area contributed by atoms with E-state index in [0.29, 0.717) is 38.5 Å². The van der Waals surface area contributed by atoms with Crippen molar-refractivity contribution in [3.8, 4) is 0 Å². The van der Waals surface area contributed by atoms with E-state index in [4.69, 9.17) is 75.8 Å². The third-order valence-corrected chi connectivity index (χ3v) is 31.6. The average molecular weight is 1840 g/mol. The molecule has 42 nitrogen and oxygen atoms in total. The number of carbonyl (C=O) groups excluding carboxylic acids is 4. The molecule has 0 aromatic heterocycles. The van der Waals surface area contributed by atoms with Gasteiger partial charge in [0.05, 0.1) is 88.0 Å². The Hall–Kier alpha value is -3.42. The van der Waals surface area contributed by atoms with Gasteiger partial charge in [-0.05, 0) is 136 Å². The molecule has 42 heteroatoms. The molecule has 5 aliphatic carbocycles. The Morgan fingerprint density at radius 1 is 0.570 bits per heavy atom. The summed E-state index contributed by atoms with van der Waals surface area (Å²) < 4.78 is 98.8. The van der Waals surface area contributed by atoms with Crippen LogP contribution in [0.4, 0.5) is 0 Å². The molecule has 48 atom stereocenters. The third kappa shape index (κ3) is 19.0. The minimum absolute atomic E-state index is 0.0132. The van der Waals surface area contributed by atoms with Gasteiger partial charge in [-0.15, -0.1) is 0 Å². The maximum absolute atomic E-state index is 16.7. The summed E-state index contributed by atoms with van der Waals surface area (Å²) >= 11 is 0. The lowest BCUT2D eigenvalue weighted by Gasteiger charge is -2.71. The Morgan fingerprint density at radius 3 is 1.78 bits per heavy atom. The van der Waals surface area contributed by atoms with Crippen molar-refractivity contribution in [3.05, 3.63) is 18.3 Å². The first-order valence-electron chi connectivity index (χ1n) is 45.0. The summed E-state index contributed by atoms with van der Waals surface area (Å²) in [5.74, 6) is -4.15. The summed E-state index contributed by atoms with van der Waals surface area (Å²) in [6, 6.07) is -1.76. The van der Waals surface area contributed by atoms with Gasteiger partial charge in [0.1, 0.15) is 164 Å². The number of fused-ring (bicyclic) bond motifs is 7. The Labute approximate surface area is 741 Å². The highest BCUT2D eigenvalue weighted by atomic mass is 16.8. The number of rotatable bonds is 29. The SMILES string of the molecule is CC[C@@H](C)[C@@H](CC(C)=O)C[C@H](O)CC(=O)N[C@@H]1C(CO)O[C@H](OC(=O)[C@]23CCC(C)(C)CC2C2=CCC4C5(C)CC[C@H](O[C@@H]6O[CH][C@H](O)[C@H](O[C@@H]7OC[C@H](O)[C@H](O)C7O)C6O[C@@H]6OC(CO)[C@H](O)[C@H](O)C6O)[C@](C)(C=O)[C@@H]5CCC4(C)C2(C)CC3O)[C@H](O[C@H]2OC(C)[C@@H](O[C@H]3OC[C@@H](O)C(O[C@H]4OC[C@@](O)(CO)C4O)[C@H]3O)C(O)[C@@H]2O)C1O[C@@H]1OC(C)[C@H](O)[C@@H](O)C1O. The monoisotopic (exact) mass is 1840 g/mol. The number of amides is 1. The van der Waals surface area contributed by atoms with Crippen molar-refractivity contribution in [2.24, 2.45) is 62.1 Å². The fourth-order valence-corrected chi connectivity index (χ4v) is 23.4. The van der Waals surface area contributed by atoms with Crippen molar-refractivity contribution in [2.75, 3.05) is 39.6 Å². The van der Waals surface area contributed by atoms with Crippen LogP contribution in [0.5, 0.6) is 0 Å². The number of nitrogens with one attached hydrogen (secondary N) is 1. The Kier molecular flexibility index (Phi) is 31.8. The molecule has 8 aliphatic heterocycles. The van der Waals surface area contributed by atoms with Crippen molar-refractivity contribution in [1.29, 1.82) is 0 Å². The number of aliphatic hydroxyl groups is 21. The molecule has 1 radical (unpaired) electrons. The van der Waals surface area contributed by atoms with Crippen molar-refractivity contribution in [2.45, 2.75) is 393 Å². The van der Waals surface area contributed by atoms with Crippen LogP contribution in [0.3, 0.4) is 0 Å². The van der Waals surface area contributed by atoms with Crippen LogP contribution in [0, 0.1) is 68.7 Å². The van der Waals surface area contributed by atoms with Crippen molar-refractivity contribution in [1.82, 2.24) is 5.32 Å². The van der Waals surface area contributed by atoms with Gasteiger partial charge in [-0.2, -0.15) is 0 Å². The highest BCUT2D eigenvalue weighted by Crippen LogP contribution is 2.76. The van der Waals surface area contributed by atoms with E-state index in [2.05, 4.69) is 32.2 Å². The van der Waals surface area contributed by atoms with Crippen LogP contribution in [0.1, 0.15) is 160 Å². The number of aldehydes is 1. The maximum atomic E-state index is 16.7. The average Bonchev–Trinajstić information content (AvgIpc) is 0.809. The van der Waals surface area contributed by atoms with E-state index < -0.39 is 335 Å². The van der Waals surface area contributed by atoms with E-state index in [1.807, 2.05) is 27.7 Å². The highest BCUT2D eigenvalue weighted by molar-refractivity contribution is 5.80. The predicted octanol–water partition coefficient (Wildman–Crippen LogP) is -5.91. The largest absolute Gasteiger partial charge is 0.432 e. The van der Waals surface area contributed by atoms with E-state index in [1.54, 1.807) is 6.92 Å². The van der Waals surface area contributed by atoms with E-state index in [1.165, 1.54) is 20.8 Å². The van der Waals surface area contributed by atoms with Crippen LogP contribution in [0.15, 0.2) is 11.6 Å². The minimum Gasteiger partial charge on any atom is -0.432 e. The standard InChI is InChI=1S/C86H138NO41/c1-12-34(2)38(21-35(3)92)22-39(93)23-51(98)87-52-45(26-88)119-77(69(67(52)125-73-60(106)56(102)53(99)36(4)117-73)127-74-62(108)58(104)64(37(5)118-74)122-72-63(109)65(43(95)29-114-72)123-78-70(110)85(112,32-91)33-116-78)128-79(111)86-20-19-80(6,7)24-41(86)40-13-14-48-81(8)17-16-50(82(9,31-90)47(81)15-18-83(48,10)84(40,11)25-49(86)97)121-76-68(126-75-61(107)57(103)55(101)46(27-89)120-75)66(44(96)30-115-76)124-71-59(105)54(100)42(94)28-113-71/h13,30-31,34,36-39,41-50,52-78,88-89,91,93-97,99-110,112H,12,14-29,32-33H2,1-11H3,(H,87,98)/t34-,36?,37?,38+,39+,41?,42+,43-,44+,45?,46?,47-,48?,49?,50+,52-,53+,54+,55+,56-,57+,58?,59?,60?,61?,62+,63-,64-,65?,66+,67?,68?,69-,70?,71+,72-,73+,74-,75+,76+,77-,78-,81?,82-,83?,84?,85+,86-/m1/s1. The maximum Gasteiger partial charge on any atom is 0.317 e. The van der Waals surface area contributed by atoms with Crippen LogP contribution >= 0.6 is 0 Å². The number of ether oxygens (including phenoxy) is 16. The number of Topliss-reactive ketones (excluding diaryl/α,β-unsaturated/α-hetero) is 1. The number of hydrogen-bond acceptors (Lipinski definition) is 41. The lowest BCUT2D eigenvalue weighted by atomic mass is 9.33. The molecule has 0 aromatic rings. The molecule has 4 saturated carbocycles. The first kappa shape index (κ1) is 102. The number of esters is 1. The summed E-state index contributed by atoms with van der Waals surface area (Å²) in [5.41, 5.74) is -7.51. The molecule has 0 bridgehead atoms. The van der Waals surface area contributed by atoms with E-state index in [9.17, 15) is 122 Å². The Bertz CT molecular complexity index is 3780. The number of allylic oxidation sites excluding steroid dienone is 2. The molecule has 0 spiro atoms. The molecular formula is C86H138NO41. The van der Waals surface area contributed by atoms with Gasteiger partial charge in [0.15, 0.2) is 50.1 Å². The molecule has 8 heterocycles. The lowest BCUT2D eigenvalue weighted by Crippen LogP contribution is -2.71. The zero-order valence-corrected chi connectivity index (χ0v) is 74.0.